The van der Waals surface area contributed by atoms with Crippen molar-refractivity contribution in [1.29, 1.82) is 0 Å². The van der Waals surface area contributed by atoms with Gasteiger partial charge in [-0.15, -0.1) is 13.2 Å². The van der Waals surface area contributed by atoms with E-state index in [2.05, 4.69) is 21.9 Å². The minimum absolute atomic E-state index is 0.201. The van der Waals surface area contributed by atoms with E-state index in [0.717, 1.165) is 12.1 Å². The van der Waals surface area contributed by atoms with Crippen LogP contribution in [0.2, 0.25) is 0 Å². The number of alkyl halides is 3. The zero-order valence-electron chi connectivity index (χ0n) is 13.3. The Morgan fingerprint density at radius 1 is 1.04 bits per heavy atom. The van der Waals surface area contributed by atoms with Gasteiger partial charge in [0.2, 0.25) is 0 Å². The standard InChI is InChI=1S/C18H12F3NO4/c1-22-16(23)13-7-4-11(5-8-13)2-3-12-6-9-15(26-18(19,20)21)14(10-12)17(24)25/h4-10H,1H3,(H,22,23)(H,24,25). The van der Waals surface area contributed by atoms with Crippen molar-refractivity contribution in [2.24, 2.45) is 0 Å². The van der Waals surface area contributed by atoms with Gasteiger partial charge in [-0.2, -0.15) is 0 Å². The van der Waals surface area contributed by atoms with Crippen LogP contribution in [0.25, 0.3) is 0 Å². The summed E-state index contributed by atoms with van der Waals surface area (Å²) < 4.78 is 40.6. The lowest BCUT2D eigenvalue weighted by atomic mass is 10.1. The summed E-state index contributed by atoms with van der Waals surface area (Å²) in [6.45, 7) is 0. The van der Waals surface area contributed by atoms with Gasteiger partial charge in [-0.05, 0) is 42.5 Å². The SMILES string of the molecule is CNC(=O)c1ccc(C#Cc2ccc(OC(F)(F)F)c(C(=O)O)c2)cc1. The average molecular weight is 363 g/mol. The third-order valence-corrected chi connectivity index (χ3v) is 3.16. The van der Waals surface area contributed by atoms with Crippen LogP contribution in [0.4, 0.5) is 13.2 Å². The zero-order chi connectivity index (χ0) is 19.3. The molecule has 2 aromatic carbocycles. The molecule has 1 amide bonds. The highest BCUT2D eigenvalue weighted by Gasteiger charge is 2.33. The van der Waals surface area contributed by atoms with Crippen molar-refractivity contribution in [2.75, 3.05) is 7.05 Å². The van der Waals surface area contributed by atoms with Crippen LogP contribution in [-0.2, 0) is 0 Å². The molecule has 0 aliphatic rings. The smallest absolute Gasteiger partial charge is 0.478 e. The maximum atomic E-state index is 12.3. The van der Waals surface area contributed by atoms with Crippen LogP contribution < -0.4 is 10.1 Å². The predicted molar refractivity (Wildman–Crippen MR) is 85.9 cm³/mol. The first-order valence-electron chi connectivity index (χ1n) is 7.17. The number of rotatable bonds is 3. The maximum absolute atomic E-state index is 12.3. The lowest BCUT2D eigenvalue weighted by Crippen LogP contribution is -2.19. The maximum Gasteiger partial charge on any atom is 0.573 e. The molecule has 0 saturated heterocycles. The number of benzene rings is 2. The molecular weight excluding hydrogens is 351 g/mol. The molecule has 0 unspecified atom stereocenters. The van der Waals surface area contributed by atoms with Gasteiger partial charge >= 0.3 is 12.3 Å². The molecule has 134 valence electrons. The van der Waals surface area contributed by atoms with Crippen molar-refractivity contribution in [3.05, 3.63) is 64.7 Å². The van der Waals surface area contributed by atoms with Crippen LogP contribution in [-0.4, -0.2) is 30.4 Å². The van der Waals surface area contributed by atoms with E-state index >= 15 is 0 Å². The van der Waals surface area contributed by atoms with Crippen LogP contribution in [0.15, 0.2) is 42.5 Å². The largest absolute Gasteiger partial charge is 0.573 e. The van der Waals surface area contributed by atoms with Gasteiger partial charge in [-0.3, -0.25) is 4.79 Å². The fourth-order valence-corrected chi connectivity index (χ4v) is 1.98. The van der Waals surface area contributed by atoms with E-state index in [1.54, 1.807) is 24.3 Å². The second-order valence-electron chi connectivity index (χ2n) is 4.97. The number of carbonyl (C=O) groups is 2. The van der Waals surface area contributed by atoms with E-state index in [1.807, 2.05) is 0 Å². The first-order chi connectivity index (χ1) is 12.2. The summed E-state index contributed by atoms with van der Waals surface area (Å²) in [5.74, 6) is 2.76. The van der Waals surface area contributed by atoms with E-state index in [0.29, 0.717) is 11.1 Å². The molecule has 0 saturated carbocycles. The van der Waals surface area contributed by atoms with Crippen LogP contribution in [0.1, 0.15) is 31.8 Å². The van der Waals surface area contributed by atoms with E-state index in [4.69, 9.17) is 5.11 Å². The number of halogens is 3. The van der Waals surface area contributed by atoms with Gasteiger partial charge in [0.15, 0.2) is 0 Å². The zero-order valence-corrected chi connectivity index (χ0v) is 13.3. The van der Waals surface area contributed by atoms with Gasteiger partial charge in [-0.25, -0.2) is 4.79 Å². The first-order valence-corrected chi connectivity index (χ1v) is 7.17. The summed E-state index contributed by atoms with van der Waals surface area (Å²) in [5, 5.41) is 11.5. The quantitative estimate of drug-likeness (QED) is 0.822. The third kappa shape index (κ3) is 5.01. The molecule has 2 aromatic rings. The Hall–Kier alpha value is -3.47. The van der Waals surface area contributed by atoms with Gasteiger partial charge < -0.3 is 15.2 Å². The number of nitrogens with one attached hydrogen (secondary N) is 1. The number of ether oxygens (including phenoxy) is 1. The Bertz CT molecular complexity index is 893. The molecule has 0 aliphatic heterocycles. The lowest BCUT2D eigenvalue weighted by molar-refractivity contribution is -0.274. The van der Waals surface area contributed by atoms with E-state index in [-0.39, 0.29) is 11.5 Å². The number of carbonyl (C=O) groups excluding carboxylic acids is 1. The molecule has 0 radical (unpaired) electrons. The molecule has 26 heavy (non-hydrogen) atoms. The summed E-state index contributed by atoms with van der Waals surface area (Å²) in [6, 6.07) is 9.43. The van der Waals surface area contributed by atoms with Gasteiger partial charge in [-0.1, -0.05) is 11.8 Å². The summed E-state index contributed by atoms with van der Waals surface area (Å²) in [7, 11) is 1.50. The van der Waals surface area contributed by atoms with Crippen molar-refractivity contribution < 1.29 is 32.6 Å². The van der Waals surface area contributed by atoms with E-state index in [9.17, 15) is 22.8 Å². The van der Waals surface area contributed by atoms with Crippen molar-refractivity contribution >= 4 is 11.9 Å². The molecule has 0 heterocycles. The third-order valence-electron chi connectivity index (χ3n) is 3.16. The van der Waals surface area contributed by atoms with Crippen LogP contribution in [0.3, 0.4) is 0 Å². The molecule has 0 spiro atoms. The van der Waals surface area contributed by atoms with E-state index < -0.39 is 23.6 Å². The molecule has 5 nitrogen and oxygen atoms in total. The first kappa shape index (κ1) is 18.9. The van der Waals surface area contributed by atoms with Crippen LogP contribution in [0.5, 0.6) is 5.75 Å². The minimum atomic E-state index is -5.00. The molecule has 8 heteroatoms. The fraction of sp³-hybridized carbons (Fsp3) is 0.111. The molecule has 2 rings (SSSR count). The summed E-state index contributed by atoms with van der Waals surface area (Å²) in [5.41, 5.74) is 0.543. The van der Waals surface area contributed by atoms with E-state index in [1.165, 1.54) is 13.1 Å². The predicted octanol–water partition coefficient (Wildman–Crippen LogP) is 3.04. The van der Waals surface area contributed by atoms with Gasteiger partial charge in [0, 0.05) is 23.7 Å². The number of hydrogen-bond donors (Lipinski definition) is 2. The van der Waals surface area contributed by atoms with Crippen molar-refractivity contribution in [3.63, 3.8) is 0 Å². The summed E-state index contributed by atoms with van der Waals surface area (Å²) in [6.07, 6.45) is -5.00. The highest BCUT2D eigenvalue weighted by molar-refractivity contribution is 5.94. The molecule has 0 bridgehead atoms. The summed E-state index contributed by atoms with van der Waals surface area (Å²) >= 11 is 0. The number of aromatic carboxylic acids is 1. The Kier molecular flexibility index (Phi) is 5.52. The second-order valence-corrected chi connectivity index (χ2v) is 4.97. The van der Waals surface area contributed by atoms with Gasteiger partial charge in [0.1, 0.15) is 11.3 Å². The monoisotopic (exact) mass is 363 g/mol. The van der Waals surface area contributed by atoms with Crippen molar-refractivity contribution in [1.82, 2.24) is 5.32 Å². The normalized spacial score (nSPS) is 10.5. The minimum Gasteiger partial charge on any atom is -0.478 e. The molecular formula is C18H12F3NO4. The van der Waals surface area contributed by atoms with Crippen molar-refractivity contribution in [2.45, 2.75) is 6.36 Å². The Morgan fingerprint density at radius 2 is 1.62 bits per heavy atom. The van der Waals surface area contributed by atoms with Crippen LogP contribution in [0, 0.1) is 11.8 Å². The molecule has 0 fully saturated rings. The highest BCUT2D eigenvalue weighted by Crippen LogP contribution is 2.27. The Balaban J connectivity index is 2.28. The van der Waals surface area contributed by atoms with Gasteiger partial charge in [0.05, 0.1) is 0 Å². The van der Waals surface area contributed by atoms with Gasteiger partial charge in [0.25, 0.3) is 5.91 Å². The lowest BCUT2D eigenvalue weighted by Gasteiger charge is -2.11. The number of carboxylic acids is 1. The Labute approximate surface area is 146 Å². The molecule has 0 atom stereocenters. The number of amides is 1. The van der Waals surface area contributed by atoms with Crippen LogP contribution >= 0.6 is 0 Å². The topological polar surface area (TPSA) is 75.6 Å². The summed E-state index contributed by atoms with van der Waals surface area (Å²) in [4.78, 5) is 22.6. The fourth-order valence-electron chi connectivity index (χ4n) is 1.98. The molecule has 0 aromatic heterocycles. The highest BCUT2D eigenvalue weighted by atomic mass is 19.4. The number of hydrogen-bond acceptors (Lipinski definition) is 3. The number of carboxylic acid groups (broad SMARTS) is 1. The molecule has 2 N–H and O–H groups in total. The molecule has 0 aliphatic carbocycles. The Morgan fingerprint density at radius 3 is 2.15 bits per heavy atom. The average Bonchev–Trinajstić information content (AvgIpc) is 2.59. The second kappa shape index (κ2) is 7.61. The van der Waals surface area contributed by atoms with Crippen molar-refractivity contribution in [3.8, 4) is 17.6 Å².